The van der Waals surface area contributed by atoms with Crippen LogP contribution in [-0.4, -0.2) is 5.91 Å². The third-order valence-corrected chi connectivity index (χ3v) is 3.41. The van der Waals surface area contributed by atoms with Crippen LogP contribution in [0.3, 0.4) is 0 Å². The van der Waals surface area contributed by atoms with Gasteiger partial charge in [-0.1, -0.05) is 22.0 Å². The smallest absolute Gasteiger partial charge is 0.322 e. The third kappa shape index (κ3) is 3.44. The summed E-state index contributed by atoms with van der Waals surface area (Å²) in [7, 11) is 0. The van der Waals surface area contributed by atoms with Crippen LogP contribution in [0, 0.1) is 11.6 Å². The zero-order chi connectivity index (χ0) is 16.5. The standard InChI is InChI=1S/C14H7BrF5NO/c15-9-5-4-7(6-8(9)14(18,19)20)21-13(22)12-10(16)2-1-3-11(12)17/h1-6H,(H,21,22). The van der Waals surface area contributed by atoms with Crippen LogP contribution in [0.25, 0.3) is 0 Å². The quantitative estimate of drug-likeness (QED) is 0.731. The van der Waals surface area contributed by atoms with Crippen LogP contribution in [0.4, 0.5) is 27.6 Å². The highest BCUT2D eigenvalue weighted by molar-refractivity contribution is 9.10. The van der Waals surface area contributed by atoms with Crippen molar-refractivity contribution in [3.63, 3.8) is 0 Å². The van der Waals surface area contributed by atoms with Gasteiger partial charge in [0.05, 0.1) is 5.56 Å². The van der Waals surface area contributed by atoms with Crippen molar-refractivity contribution in [2.75, 3.05) is 5.32 Å². The Bertz CT molecular complexity index is 709. The van der Waals surface area contributed by atoms with E-state index in [1.54, 1.807) is 0 Å². The molecule has 2 nitrogen and oxygen atoms in total. The fraction of sp³-hybridized carbons (Fsp3) is 0.0714. The lowest BCUT2D eigenvalue weighted by molar-refractivity contribution is -0.138. The second-order valence-corrected chi connectivity index (χ2v) is 5.10. The highest BCUT2D eigenvalue weighted by Gasteiger charge is 2.33. The van der Waals surface area contributed by atoms with Gasteiger partial charge in [-0.2, -0.15) is 13.2 Å². The summed E-state index contributed by atoms with van der Waals surface area (Å²) in [5.74, 6) is -3.39. The van der Waals surface area contributed by atoms with Crippen LogP contribution in [0.5, 0.6) is 0 Å². The summed E-state index contributed by atoms with van der Waals surface area (Å²) in [6, 6.07) is 5.75. The second-order valence-electron chi connectivity index (χ2n) is 4.24. The number of benzene rings is 2. The lowest BCUT2D eigenvalue weighted by atomic mass is 10.1. The number of amides is 1. The number of alkyl halides is 3. The Morgan fingerprint density at radius 2 is 1.64 bits per heavy atom. The summed E-state index contributed by atoms with van der Waals surface area (Å²) >= 11 is 2.75. The molecule has 1 amide bonds. The lowest BCUT2D eigenvalue weighted by Gasteiger charge is -2.12. The Balaban J connectivity index is 2.34. The van der Waals surface area contributed by atoms with Crippen LogP contribution in [0.2, 0.25) is 0 Å². The van der Waals surface area contributed by atoms with Gasteiger partial charge in [0.1, 0.15) is 17.2 Å². The van der Waals surface area contributed by atoms with Gasteiger partial charge in [-0.15, -0.1) is 0 Å². The van der Waals surface area contributed by atoms with Gasteiger partial charge in [-0.25, -0.2) is 8.78 Å². The molecule has 0 spiro atoms. The molecule has 116 valence electrons. The molecular formula is C14H7BrF5NO. The fourth-order valence-electron chi connectivity index (χ4n) is 1.73. The molecular weight excluding hydrogens is 373 g/mol. The molecule has 0 radical (unpaired) electrons. The van der Waals surface area contributed by atoms with E-state index in [9.17, 15) is 26.7 Å². The summed E-state index contributed by atoms with van der Waals surface area (Å²) < 4.78 is 64.9. The van der Waals surface area contributed by atoms with Crippen molar-refractivity contribution in [2.24, 2.45) is 0 Å². The van der Waals surface area contributed by atoms with Crippen molar-refractivity contribution in [2.45, 2.75) is 6.18 Å². The normalized spacial score (nSPS) is 11.4. The average molecular weight is 380 g/mol. The van der Waals surface area contributed by atoms with E-state index in [1.165, 1.54) is 6.07 Å². The first-order chi connectivity index (χ1) is 10.2. The van der Waals surface area contributed by atoms with E-state index in [1.807, 2.05) is 5.32 Å². The van der Waals surface area contributed by atoms with Crippen molar-refractivity contribution in [3.05, 3.63) is 63.6 Å². The zero-order valence-electron chi connectivity index (χ0n) is 10.6. The van der Waals surface area contributed by atoms with Crippen molar-refractivity contribution >= 4 is 27.5 Å². The maximum absolute atomic E-state index is 13.4. The monoisotopic (exact) mass is 379 g/mol. The minimum atomic E-state index is -4.64. The molecule has 8 heteroatoms. The first kappa shape index (κ1) is 16.4. The predicted molar refractivity (Wildman–Crippen MR) is 73.5 cm³/mol. The van der Waals surface area contributed by atoms with E-state index in [0.29, 0.717) is 6.07 Å². The molecule has 0 aliphatic heterocycles. The average Bonchev–Trinajstić information content (AvgIpc) is 2.39. The van der Waals surface area contributed by atoms with Gasteiger partial charge in [-0.05, 0) is 30.3 Å². The van der Waals surface area contributed by atoms with E-state index in [2.05, 4.69) is 15.9 Å². The molecule has 0 unspecified atom stereocenters. The number of halogens is 6. The molecule has 0 fully saturated rings. The SMILES string of the molecule is O=C(Nc1ccc(Br)c(C(F)(F)F)c1)c1c(F)cccc1F. The summed E-state index contributed by atoms with van der Waals surface area (Å²) in [6.45, 7) is 0. The molecule has 0 aromatic heterocycles. The van der Waals surface area contributed by atoms with Gasteiger partial charge in [0.2, 0.25) is 0 Å². The molecule has 0 atom stereocenters. The lowest BCUT2D eigenvalue weighted by Crippen LogP contribution is -2.16. The summed E-state index contributed by atoms with van der Waals surface area (Å²) in [5.41, 5.74) is -2.11. The van der Waals surface area contributed by atoms with Crippen molar-refractivity contribution in [1.82, 2.24) is 0 Å². The molecule has 0 heterocycles. The Hall–Kier alpha value is -1.96. The molecule has 0 bridgehead atoms. The first-order valence-corrected chi connectivity index (χ1v) is 6.61. The third-order valence-electron chi connectivity index (χ3n) is 2.72. The van der Waals surface area contributed by atoms with Crippen LogP contribution >= 0.6 is 15.9 Å². The van der Waals surface area contributed by atoms with Gasteiger partial charge in [0, 0.05) is 10.2 Å². The maximum atomic E-state index is 13.4. The van der Waals surface area contributed by atoms with Crippen molar-refractivity contribution in [1.29, 1.82) is 0 Å². The van der Waals surface area contributed by atoms with Crippen molar-refractivity contribution in [3.8, 4) is 0 Å². The molecule has 2 aromatic rings. The second kappa shape index (κ2) is 6.04. The van der Waals surface area contributed by atoms with E-state index in [-0.39, 0.29) is 10.2 Å². The number of carbonyl (C=O) groups is 1. The van der Waals surface area contributed by atoms with Crippen LogP contribution in [-0.2, 0) is 6.18 Å². The van der Waals surface area contributed by atoms with Gasteiger partial charge >= 0.3 is 6.18 Å². The number of hydrogen-bond acceptors (Lipinski definition) is 1. The van der Waals surface area contributed by atoms with E-state index in [0.717, 1.165) is 24.3 Å². The molecule has 0 saturated heterocycles. The molecule has 0 saturated carbocycles. The molecule has 2 rings (SSSR count). The van der Waals surface area contributed by atoms with Crippen LogP contribution < -0.4 is 5.32 Å². The minimum Gasteiger partial charge on any atom is -0.322 e. The number of hydrogen-bond donors (Lipinski definition) is 1. The van der Waals surface area contributed by atoms with Gasteiger partial charge in [-0.3, -0.25) is 4.79 Å². The Kier molecular flexibility index (Phi) is 4.50. The predicted octanol–water partition coefficient (Wildman–Crippen LogP) is 5.00. The number of carbonyl (C=O) groups excluding carboxylic acids is 1. The summed E-state index contributed by atoms with van der Waals surface area (Å²) in [5, 5.41) is 2.04. The summed E-state index contributed by atoms with van der Waals surface area (Å²) in [4.78, 5) is 11.8. The van der Waals surface area contributed by atoms with Gasteiger partial charge in [0.25, 0.3) is 5.91 Å². The highest BCUT2D eigenvalue weighted by atomic mass is 79.9. The van der Waals surface area contributed by atoms with Gasteiger partial charge in [0.15, 0.2) is 0 Å². The molecule has 1 N–H and O–H groups in total. The zero-order valence-corrected chi connectivity index (χ0v) is 12.2. The van der Waals surface area contributed by atoms with Crippen LogP contribution in [0.15, 0.2) is 40.9 Å². The Labute approximate surface area is 130 Å². The van der Waals surface area contributed by atoms with Gasteiger partial charge < -0.3 is 5.32 Å². The first-order valence-electron chi connectivity index (χ1n) is 5.82. The van der Waals surface area contributed by atoms with Crippen molar-refractivity contribution < 1.29 is 26.7 Å². The maximum Gasteiger partial charge on any atom is 0.417 e. The topological polar surface area (TPSA) is 29.1 Å². The van der Waals surface area contributed by atoms with Crippen LogP contribution in [0.1, 0.15) is 15.9 Å². The van der Waals surface area contributed by atoms with E-state index >= 15 is 0 Å². The number of rotatable bonds is 2. The minimum absolute atomic E-state index is 0.213. The Morgan fingerprint density at radius 1 is 1.05 bits per heavy atom. The number of anilines is 1. The highest BCUT2D eigenvalue weighted by Crippen LogP contribution is 2.36. The molecule has 2 aromatic carbocycles. The molecule has 0 aliphatic carbocycles. The van der Waals surface area contributed by atoms with E-state index in [4.69, 9.17) is 0 Å². The molecule has 0 aliphatic rings. The van der Waals surface area contributed by atoms with E-state index < -0.39 is 34.8 Å². The number of nitrogens with one attached hydrogen (secondary N) is 1. The summed E-state index contributed by atoms with van der Waals surface area (Å²) in [6.07, 6.45) is -4.64. The largest absolute Gasteiger partial charge is 0.417 e. The fourth-order valence-corrected chi connectivity index (χ4v) is 2.20. The Morgan fingerprint density at radius 3 is 2.18 bits per heavy atom. The molecule has 22 heavy (non-hydrogen) atoms.